The summed E-state index contributed by atoms with van der Waals surface area (Å²) in [6, 6.07) is 6.60. The van der Waals surface area contributed by atoms with E-state index in [-0.39, 0.29) is 18.3 Å². The number of aliphatic hydroxyl groups is 1. The van der Waals surface area contributed by atoms with Crippen LogP contribution in [0.3, 0.4) is 0 Å². The fourth-order valence-corrected chi connectivity index (χ4v) is 3.84. The number of methoxy groups -OCH3 is 1. The maximum atomic E-state index is 10.2. The van der Waals surface area contributed by atoms with Crippen molar-refractivity contribution in [2.24, 2.45) is 0 Å². The van der Waals surface area contributed by atoms with Crippen LogP contribution in [0.1, 0.15) is 69.8 Å². The highest BCUT2D eigenvalue weighted by molar-refractivity contribution is 5.36. The minimum atomic E-state index is -0.297. The van der Waals surface area contributed by atoms with Crippen molar-refractivity contribution < 1.29 is 14.6 Å². The van der Waals surface area contributed by atoms with Gasteiger partial charge in [-0.2, -0.15) is 0 Å². The Balaban J connectivity index is 2.27. The van der Waals surface area contributed by atoms with Gasteiger partial charge in [-0.15, -0.1) is 0 Å². The lowest BCUT2D eigenvalue weighted by Crippen LogP contribution is -2.29. The number of benzene rings is 1. The van der Waals surface area contributed by atoms with E-state index in [1.165, 1.54) is 16.7 Å². The molecule has 3 nitrogen and oxygen atoms in total. The van der Waals surface area contributed by atoms with Gasteiger partial charge in [-0.3, -0.25) is 0 Å². The van der Waals surface area contributed by atoms with E-state index in [1.807, 2.05) is 13.8 Å². The number of hydrogen-bond acceptors (Lipinski definition) is 3. The Morgan fingerprint density at radius 2 is 2.00 bits per heavy atom. The molecule has 1 fully saturated rings. The summed E-state index contributed by atoms with van der Waals surface area (Å²) < 4.78 is 11.5. The van der Waals surface area contributed by atoms with Crippen LogP contribution in [-0.4, -0.2) is 24.4 Å². The third kappa shape index (κ3) is 7.05. The second-order valence-electron chi connectivity index (χ2n) is 7.86. The Morgan fingerprint density at radius 3 is 2.64 bits per heavy atom. The summed E-state index contributed by atoms with van der Waals surface area (Å²) in [6.45, 7) is 9.02. The predicted molar refractivity (Wildman–Crippen MR) is 116 cm³/mol. The molecule has 0 amide bonds. The third-order valence-corrected chi connectivity index (χ3v) is 5.07. The molecule has 1 aromatic rings. The number of allylic oxidation sites excluding steroid dienone is 6. The van der Waals surface area contributed by atoms with Gasteiger partial charge in [0.1, 0.15) is 0 Å². The van der Waals surface area contributed by atoms with Crippen LogP contribution in [0.2, 0.25) is 0 Å². The molecular weight excluding hydrogens is 348 g/mol. The highest BCUT2D eigenvalue weighted by atomic mass is 16.5. The molecule has 0 radical (unpaired) electrons. The first-order chi connectivity index (χ1) is 13.4. The maximum Gasteiger partial charge on any atom is 0.0853 e. The fraction of sp³-hybridized carbons (Fsp3) is 0.520. The molecule has 0 saturated carbocycles. The highest BCUT2D eigenvalue weighted by Gasteiger charge is 2.27. The molecule has 1 aliphatic heterocycles. The molecule has 1 heterocycles. The van der Waals surface area contributed by atoms with Gasteiger partial charge in [0.15, 0.2) is 0 Å². The molecule has 0 aliphatic carbocycles. The normalized spacial score (nSPS) is 24.1. The van der Waals surface area contributed by atoms with Crippen molar-refractivity contribution in [1.82, 2.24) is 0 Å². The van der Waals surface area contributed by atoms with E-state index in [9.17, 15) is 5.11 Å². The minimum Gasteiger partial charge on any atom is -0.393 e. The van der Waals surface area contributed by atoms with Crippen LogP contribution in [0.15, 0.2) is 53.6 Å². The topological polar surface area (TPSA) is 38.7 Å². The van der Waals surface area contributed by atoms with Gasteiger partial charge < -0.3 is 14.6 Å². The second-order valence-corrected chi connectivity index (χ2v) is 7.86. The molecular formula is C25H36O3. The summed E-state index contributed by atoms with van der Waals surface area (Å²) >= 11 is 0. The van der Waals surface area contributed by atoms with Crippen LogP contribution in [-0.2, 0) is 22.5 Å². The van der Waals surface area contributed by atoms with Gasteiger partial charge in [-0.25, -0.2) is 0 Å². The fourth-order valence-electron chi connectivity index (χ4n) is 3.84. The Hall–Kier alpha value is -1.68. The summed E-state index contributed by atoms with van der Waals surface area (Å²) in [6.07, 6.45) is 11.6. The maximum absolute atomic E-state index is 10.2. The number of rotatable bonds is 8. The highest BCUT2D eigenvalue weighted by Crippen LogP contribution is 2.33. The molecule has 28 heavy (non-hydrogen) atoms. The summed E-state index contributed by atoms with van der Waals surface area (Å²) in [4.78, 5) is 0. The van der Waals surface area contributed by atoms with Crippen molar-refractivity contribution in [2.45, 2.75) is 78.3 Å². The molecule has 1 aliphatic rings. The molecule has 3 unspecified atom stereocenters. The van der Waals surface area contributed by atoms with E-state index in [1.54, 1.807) is 7.11 Å². The molecule has 2 rings (SSSR count). The van der Waals surface area contributed by atoms with E-state index >= 15 is 0 Å². The Bertz CT molecular complexity index is 705. The van der Waals surface area contributed by atoms with Gasteiger partial charge in [0.2, 0.25) is 0 Å². The summed E-state index contributed by atoms with van der Waals surface area (Å²) in [5, 5.41) is 10.2. The molecule has 1 saturated heterocycles. The minimum absolute atomic E-state index is 0.0561. The molecule has 3 heteroatoms. The van der Waals surface area contributed by atoms with Crippen molar-refractivity contribution in [3.05, 3.63) is 70.3 Å². The van der Waals surface area contributed by atoms with E-state index in [2.05, 4.69) is 56.4 Å². The van der Waals surface area contributed by atoms with Crippen LogP contribution in [0.25, 0.3) is 0 Å². The van der Waals surface area contributed by atoms with Gasteiger partial charge in [-0.05, 0) is 62.3 Å². The largest absolute Gasteiger partial charge is 0.393 e. The van der Waals surface area contributed by atoms with Gasteiger partial charge in [0, 0.05) is 13.5 Å². The van der Waals surface area contributed by atoms with Gasteiger partial charge >= 0.3 is 0 Å². The van der Waals surface area contributed by atoms with E-state index in [0.29, 0.717) is 19.4 Å². The molecule has 1 aromatic carbocycles. The van der Waals surface area contributed by atoms with Crippen molar-refractivity contribution >= 4 is 0 Å². The smallest absolute Gasteiger partial charge is 0.0853 e. The summed E-state index contributed by atoms with van der Waals surface area (Å²) in [5.41, 5.74) is 6.21. The second kappa shape index (κ2) is 11.4. The van der Waals surface area contributed by atoms with E-state index < -0.39 is 0 Å². The first-order valence-electron chi connectivity index (χ1n) is 10.4. The van der Waals surface area contributed by atoms with E-state index in [0.717, 1.165) is 24.0 Å². The third-order valence-electron chi connectivity index (χ3n) is 5.07. The first-order valence-corrected chi connectivity index (χ1v) is 10.4. The zero-order valence-corrected chi connectivity index (χ0v) is 18.1. The van der Waals surface area contributed by atoms with Gasteiger partial charge in [0.25, 0.3) is 0 Å². The number of ether oxygens (including phenoxy) is 2. The van der Waals surface area contributed by atoms with Crippen LogP contribution >= 0.6 is 0 Å². The lowest BCUT2D eigenvalue weighted by atomic mass is 9.92. The molecule has 1 N–H and O–H groups in total. The van der Waals surface area contributed by atoms with Crippen LogP contribution in [0, 0.1) is 0 Å². The predicted octanol–water partition coefficient (Wildman–Crippen LogP) is 5.84. The Morgan fingerprint density at radius 1 is 1.25 bits per heavy atom. The van der Waals surface area contributed by atoms with Crippen LogP contribution in [0.4, 0.5) is 0 Å². The quantitative estimate of drug-likeness (QED) is 0.573. The van der Waals surface area contributed by atoms with Crippen molar-refractivity contribution in [1.29, 1.82) is 0 Å². The average Bonchev–Trinajstić information content (AvgIpc) is 2.64. The molecule has 0 spiro atoms. The van der Waals surface area contributed by atoms with Gasteiger partial charge in [0.05, 0.1) is 24.9 Å². The first kappa shape index (κ1) is 22.6. The average molecular weight is 385 g/mol. The number of hydrogen-bond donors (Lipinski definition) is 1. The molecule has 0 bridgehead atoms. The van der Waals surface area contributed by atoms with Gasteiger partial charge in [-0.1, -0.05) is 55.0 Å². The molecule has 0 aromatic heterocycles. The molecule has 3 atom stereocenters. The monoisotopic (exact) mass is 384 g/mol. The van der Waals surface area contributed by atoms with Crippen LogP contribution in [0.5, 0.6) is 0 Å². The summed E-state index contributed by atoms with van der Waals surface area (Å²) in [5.74, 6) is 0. The molecule has 154 valence electrons. The zero-order chi connectivity index (χ0) is 20.5. The van der Waals surface area contributed by atoms with Crippen molar-refractivity contribution in [2.75, 3.05) is 7.11 Å². The van der Waals surface area contributed by atoms with Crippen molar-refractivity contribution in [3.8, 4) is 0 Å². The SMILES string of the molecule is C\C=C/C=C(/C=C(\C)Cc1cc(COC)cc(C2CC(O)CC(C)O2)c1)CC. The Labute approximate surface area is 170 Å². The lowest BCUT2D eigenvalue weighted by Gasteiger charge is -2.32. The lowest BCUT2D eigenvalue weighted by molar-refractivity contribution is -0.0896. The zero-order valence-electron chi connectivity index (χ0n) is 18.1. The standard InChI is InChI=1S/C25H36O3/c1-6-8-9-20(7-2)10-18(3)11-21-13-22(17-27-5)15-23(14-21)25-16-24(26)12-19(4)28-25/h6,8-10,13-15,19,24-26H,7,11-12,16-17H2,1-5H3/b8-6-,18-10+,20-9+. The van der Waals surface area contributed by atoms with E-state index in [4.69, 9.17) is 9.47 Å². The number of aliphatic hydroxyl groups excluding tert-OH is 1. The van der Waals surface area contributed by atoms with Crippen LogP contribution < -0.4 is 0 Å². The Kier molecular flexibility index (Phi) is 9.17. The van der Waals surface area contributed by atoms with Crippen molar-refractivity contribution in [3.63, 3.8) is 0 Å². The summed E-state index contributed by atoms with van der Waals surface area (Å²) in [7, 11) is 1.72.